The highest BCUT2D eigenvalue weighted by molar-refractivity contribution is 5.79. The van der Waals surface area contributed by atoms with Crippen LogP contribution < -0.4 is 15.2 Å². The van der Waals surface area contributed by atoms with Gasteiger partial charge in [-0.05, 0) is 30.3 Å². The van der Waals surface area contributed by atoms with E-state index in [4.69, 9.17) is 13.9 Å². The molecule has 3 aromatic rings. The van der Waals surface area contributed by atoms with Crippen molar-refractivity contribution in [2.45, 2.75) is 13.1 Å². The smallest absolute Gasteiger partial charge is 0.420 e. The summed E-state index contributed by atoms with van der Waals surface area (Å²) in [5.41, 5.74) is 2.18. The normalized spacial score (nSPS) is 14.8. The van der Waals surface area contributed by atoms with E-state index >= 15 is 0 Å². The molecule has 1 aromatic heterocycles. The Morgan fingerprint density at radius 1 is 1.03 bits per heavy atom. The predicted octanol–water partition coefficient (Wildman–Crippen LogP) is 1.96. The Morgan fingerprint density at radius 2 is 1.80 bits per heavy atom. The van der Waals surface area contributed by atoms with Gasteiger partial charge in [-0.1, -0.05) is 12.1 Å². The lowest BCUT2D eigenvalue weighted by molar-refractivity contribution is -0.133. The quantitative estimate of drug-likeness (QED) is 0.617. The van der Waals surface area contributed by atoms with Gasteiger partial charge >= 0.3 is 5.76 Å². The van der Waals surface area contributed by atoms with E-state index in [9.17, 15) is 9.59 Å². The molecular weight excluding hydrogens is 386 g/mol. The molecule has 1 saturated heterocycles. The zero-order chi connectivity index (χ0) is 21.1. The van der Waals surface area contributed by atoms with Crippen LogP contribution in [0.1, 0.15) is 5.56 Å². The van der Waals surface area contributed by atoms with Crippen molar-refractivity contribution >= 4 is 17.0 Å². The number of ether oxygens (including phenoxy) is 2. The molecule has 1 amide bonds. The van der Waals surface area contributed by atoms with Crippen LogP contribution in [0.25, 0.3) is 11.1 Å². The first kappa shape index (κ1) is 20.0. The minimum absolute atomic E-state index is 0.0143. The lowest BCUT2D eigenvalue weighted by Gasteiger charge is -2.35. The predicted molar refractivity (Wildman–Crippen MR) is 112 cm³/mol. The van der Waals surface area contributed by atoms with Crippen molar-refractivity contribution in [2.75, 3.05) is 40.4 Å². The second kappa shape index (κ2) is 8.62. The van der Waals surface area contributed by atoms with Gasteiger partial charge in [-0.2, -0.15) is 0 Å². The largest absolute Gasteiger partial charge is 0.497 e. The molecule has 0 N–H and O–H groups in total. The molecule has 30 heavy (non-hydrogen) atoms. The molecule has 0 unspecified atom stereocenters. The number of hydrogen-bond donors (Lipinski definition) is 0. The minimum atomic E-state index is -0.506. The van der Waals surface area contributed by atoms with Crippen molar-refractivity contribution in [1.29, 1.82) is 0 Å². The maximum Gasteiger partial charge on any atom is 0.420 e. The van der Waals surface area contributed by atoms with Crippen LogP contribution in [0.3, 0.4) is 0 Å². The molecular formula is C22H25N3O5. The number of oxazole rings is 1. The van der Waals surface area contributed by atoms with Gasteiger partial charge in [0.2, 0.25) is 5.91 Å². The molecule has 0 saturated carbocycles. The van der Waals surface area contributed by atoms with Gasteiger partial charge in [-0.3, -0.25) is 14.3 Å². The van der Waals surface area contributed by atoms with E-state index in [0.29, 0.717) is 30.7 Å². The number of methoxy groups -OCH3 is 2. The summed E-state index contributed by atoms with van der Waals surface area (Å²) in [6.07, 6.45) is 0. The molecule has 1 aliphatic heterocycles. The molecule has 8 nitrogen and oxygen atoms in total. The highest BCUT2D eigenvalue weighted by atomic mass is 16.5. The number of carbonyl (C=O) groups excluding carboxylic acids is 1. The summed E-state index contributed by atoms with van der Waals surface area (Å²) in [6, 6.07) is 12.9. The van der Waals surface area contributed by atoms with Gasteiger partial charge in [0, 0.05) is 38.3 Å². The zero-order valence-electron chi connectivity index (χ0n) is 17.2. The van der Waals surface area contributed by atoms with Crippen LogP contribution in [0.2, 0.25) is 0 Å². The fourth-order valence-corrected chi connectivity index (χ4v) is 3.80. The van der Waals surface area contributed by atoms with Crippen LogP contribution in [0.5, 0.6) is 11.5 Å². The van der Waals surface area contributed by atoms with Crippen molar-refractivity contribution in [3.8, 4) is 11.5 Å². The maximum atomic E-state index is 12.8. The van der Waals surface area contributed by atoms with Crippen molar-refractivity contribution < 1.29 is 18.7 Å². The molecule has 0 spiro atoms. The number of piperazine rings is 1. The van der Waals surface area contributed by atoms with E-state index in [1.807, 2.05) is 24.3 Å². The molecule has 0 radical (unpaired) electrons. The number of amides is 1. The number of nitrogens with zero attached hydrogens (tertiary/aromatic N) is 3. The number of carbonyl (C=O) groups is 1. The first-order chi connectivity index (χ1) is 14.6. The summed E-state index contributed by atoms with van der Waals surface area (Å²) in [4.78, 5) is 29.0. The molecule has 2 heterocycles. The van der Waals surface area contributed by atoms with Crippen LogP contribution in [0.4, 0.5) is 0 Å². The fourth-order valence-electron chi connectivity index (χ4n) is 3.80. The lowest BCUT2D eigenvalue weighted by Crippen LogP contribution is -2.49. The van der Waals surface area contributed by atoms with Gasteiger partial charge in [-0.25, -0.2) is 4.79 Å². The first-order valence-electron chi connectivity index (χ1n) is 9.88. The fraction of sp³-hybridized carbons (Fsp3) is 0.364. The van der Waals surface area contributed by atoms with Crippen LogP contribution in [0.15, 0.2) is 51.7 Å². The molecule has 0 aliphatic carbocycles. The summed E-state index contributed by atoms with van der Waals surface area (Å²) in [5.74, 6) is 1.02. The van der Waals surface area contributed by atoms with E-state index in [1.165, 1.54) is 4.57 Å². The van der Waals surface area contributed by atoms with Gasteiger partial charge in [-0.15, -0.1) is 0 Å². The van der Waals surface area contributed by atoms with E-state index < -0.39 is 5.76 Å². The number of benzene rings is 2. The van der Waals surface area contributed by atoms with Crippen molar-refractivity contribution in [1.82, 2.24) is 14.4 Å². The Balaban J connectivity index is 1.38. The first-order valence-corrected chi connectivity index (χ1v) is 9.88. The highest BCUT2D eigenvalue weighted by Gasteiger charge is 2.23. The second-order valence-corrected chi connectivity index (χ2v) is 7.26. The number of fused-ring (bicyclic) bond motifs is 1. The molecule has 1 fully saturated rings. The lowest BCUT2D eigenvalue weighted by atomic mass is 10.1. The third-order valence-electron chi connectivity index (χ3n) is 5.47. The zero-order valence-corrected chi connectivity index (χ0v) is 17.2. The van der Waals surface area contributed by atoms with E-state index in [-0.39, 0.29) is 12.5 Å². The van der Waals surface area contributed by atoms with E-state index in [0.717, 1.165) is 30.2 Å². The number of aromatic nitrogens is 1. The molecule has 0 atom stereocenters. The van der Waals surface area contributed by atoms with Gasteiger partial charge in [0.05, 0.1) is 19.7 Å². The van der Waals surface area contributed by atoms with E-state index in [2.05, 4.69) is 4.90 Å². The van der Waals surface area contributed by atoms with Gasteiger partial charge < -0.3 is 18.8 Å². The minimum Gasteiger partial charge on any atom is -0.497 e. The molecule has 158 valence electrons. The maximum absolute atomic E-state index is 12.8. The number of rotatable bonds is 6. The third kappa shape index (κ3) is 4.04. The summed E-state index contributed by atoms with van der Waals surface area (Å²) in [6.45, 7) is 3.40. The summed E-state index contributed by atoms with van der Waals surface area (Å²) >= 11 is 0. The highest BCUT2D eigenvalue weighted by Crippen LogP contribution is 2.25. The standard InChI is InChI=1S/C22H25N3O5/c1-28-17-7-8-19(29-2)16(13-17)14-23-9-11-24(12-10-23)21(26)15-25-18-5-3-4-6-20(18)30-22(25)27/h3-8,13H,9-12,14-15H2,1-2H3. The Morgan fingerprint density at radius 3 is 2.53 bits per heavy atom. The van der Waals surface area contributed by atoms with Crippen LogP contribution in [-0.2, 0) is 17.9 Å². The van der Waals surface area contributed by atoms with E-state index in [1.54, 1.807) is 37.3 Å². The van der Waals surface area contributed by atoms with Crippen LogP contribution in [-0.4, -0.2) is 60.7 Å². The SMILES string of the molecule is COc1ccc(OC)c(CN2CCN(C(=O)Cn3c(=O)oc4ccccc43)CC2)c1. The van der Waals surface area contributed by atoms with Crippen LogP contribution >= 0.6 is 0 Å². The average Bonchev–Trinajstić information content (AvgIpc) is 3.09. The molecule has 2 aromatic carbocycles. The molecule has 8 heteroatoms. The summed E-state index contributed by atoms with van der Waals surface area (Å²) in [5, 5.41) is 0. The number of hydrogen-bond acceptors (Lipinski definition) is 6. The Kier molecular flexibility index (Phi) is 5.76. The summed E-state index contributed by atoms with van der Waals surface area (Å²) in [7, 11) is 3.30. The van der Waals surface area contributed by atoms with Gasteiger partial charge in [0.1, 0.15) is 18.0 Å². The third-order valence-corrected chi connectivity index (χ3v) is 5.47. The molecule has 4 rings (SSSR count). The Bertz CT molecular complexity index is 1100. The molecule has 1 aliphatic rings. The second-order valence-electron chi connectivity index (χ2n) is 7.26. The van der Waals surface area contributed by atoms with Gasteiger partial charge in [0.15, 0.2) is 5.58 Å². The summed E-state index contributed by atoms with van der Waals surface area (Å²) < 4.78 is 17.4. The monoisotopic (exact) mass is 411 g/mol. The van der Waals surface area contributed by atoms with Crippen molar-refractivity contribution in [3.63, 3.8) is 0 Å². The van der Waals surface area contributed by atoms with Crippen molar-refractivity contribution in [2.24, 2.45) is 0 Å². The average molecular weight is 411 g/mol. The Hall–Kier alpha value is -3.26. The van der Waals surface area contributed by atoms with Crippen LogP contribution in [0, 0.1) is 0 Å². The molecule has 0 bridgehead atoms. The Labute approximate surface area is 174 Å². The van der Waals surface area contributed by atoms with Gasteiger partial charge in [0.25, 0.3) is 0 Å². The van der Waals surface area contributed by atoms with Crippen molar-refractivity contribution in [3.05, 3.63) is 58.6 Å². The number of para-hydroxylation sites is 2. The topological polar surface area (TPSA) is 77.2 Å².